The Bertz CT molecular complexity index is 718. The molecule has 3 rings (SSSR count). The van der Waals surface area contributed by atoms with Crippen LogP contribution in [-0.2, 0) is 24.3 Å². The number of fused-ring (bicyclic) bond motifs is 1. The Morgan fingerprint density at radius 1 is 1.29 bits per heavy atom. The molecule has 1 aromatic carbocycles. The lowest BCUT2D eigenvalue weighted by Gasteiger charge is -2.09. The van der Waals surface area contributed by atoms with Gasteiger partial charge >= 0.3 is 5.69 Å². The fourth-order valence-corrected chi connectivity index (χ4v) is 2.42. The third kappa shape index (κ3) is 2.86. The van der Waals surface area contributed by atoms with E-state index in [1.807, 2.05) is 0 Å². The highest BCUT2D eigenvalue weighted by Gasteiger charge is 2.18. The molecule has 0 bridgehead atoms. The number of aryl methyl sites for hydroxylation is 1. The van der Waals surface area contributed by atoms with Crippen molar-refractivity contribution in [1.82, 2.24) is 14.3 Å². The topological polar surface area (TPSA) is 68.9 Å². The molecule has 110 valence electrons. The zero-order valence-corrected chi connectivity index (χ0v) is 11.4. The van der Waals surface area contributed by atoms with Gasteiger partial charge in [-0.15, -0.1) is 0 Å². The molecule has 1 aliphatic rings. The Morgan fingerprint density at radius 3 is 2.76 bits per heavy atom. The number of carbonyl (C=O) groups is 1. The Labute approximate surface area is 120 Å². The van der Waals surface area contributed by atoms with E-state index in [4.69, 9.17) is 0 Å². The van der Waals surface area contributed by atoms with Crippen LogP contribution >= 0.6 is 0 Å². The standard InChI is InChI=1S/C14H15FN4O2/c15-10-4-6-11(7-5-10)16-13(20)9-19-14(21)18-8-2-1-3-12(18)17-19/h4-7H,1-3,8-9H2,(H,16,20). The Morgan fingerprint density at radius 2 is 2.05 bits per heavy atom. The highest BCUT2D eigenvalue weighted by Crippen LogP contribution is 2.10. The highest BCUT2D eigenvalue weighted by atomic mass is 19.1. The summed E-state index contributed by atoms with van der Waals surface area (Å²) in [5.41, 5.74) is 0.234. The maximum absolute atomic E-state index is 12.8. The third-order valence-corrected chi connectivity index (χ3v) is 3.45. The SMILES string of the molecule is O=C(Cn1nc2n(c1=O)CCCC2)Nc1ccc(F)cc1. The largest absolute Gasteiger partial charge is 0.346 e. The molecule has 1 aliphatic heterocycles. The van der Waals surface area contributed by atoms with E-state index in [9.17, 15) is 14.0 Å². The van der Waals surface area contributed by atoms with E-state index in [1.54, 1.807) is 4.57 Å². The van der Waals surface area contributed by atoms with Gasteiger partial charge < -0.3 is 5.32 Å². The molecule has 1 N–H and O–H groups in total. The lowest BCUT2D eigenvalue weighted by atomic mass is 10.2. The van der Waals surface area contributed by atoms with Crippen LogP contribution in [-0.4, -0.2) is 20.3 Å². The number of nitrogens with zero attached hydrogens (tertiary/aromatic N) is 3. The zero-order valence-electron chi connectivity index (χ0n) is 11.4. The van der Waals surface area contributed by atoms with Gasteiger partial charge in [-0.1, -0.05) is 0 Å². The van der Waals surface area contributed by atoms with E-state index in [-0.39, 0.29) is 24.0 Å². The molecule has 1 aromatic heterocycles. The molecular formula is C14H15FN4O2. The summed E-state index contributed by atoms with van der Waals surface area (Å²) in [4.78, 5) is 24.0. The number of hydrogen-bond donors (Lipinski definition) is 1. The summed E-state index contributed by atoms with van der Waals surface area (Å²) in [5, 5.41) is 6.80. The second-order valence-electron chi connectivity index (χ2n) is 5.02. The third-order valence-electron chi connectivity index (χ3n) is 3.45. The molecule has 2 heterocycles. The Balaban J connectivity index is 1.71. The molecule has 0 saturated carbocycles. The lowest BCUT2D eigenvalue weighted by molar-refractivity contribution is -0.117. The maximum atomic E-state index is 12.8. The second-order valence-corrected chi connectivity index (χ2v) is 5.02. The van der Waals surface area contributed by atoms with Crippen molar-refractivity contribution in [2.75, 3.05) is 5.32 Å². The number of rotatable bonds is 3. The number of anilines is 1. The van der Waals surface area contributed by atoms with E-state index in [1.165, 1.54) is 28.9 Å². The van der Waals surface area contributed by atoms with Crippen molar-refractivity contribution in [3.8, 4) is 0 Å². The molecule has 0 saturated heterocycles. The van der Waals surface area contributed by atoms with Crippen molar-refractivity contribution < 1.29 is 9.18 Å². The van der Waals surface area contributed by atoms with Crippen LogP contribution in [0.1, 0.15) is 18.7 Å². The zero-order chi connectivity index (χ0) is 14.8. The van der Waals surface area contributed by atoms with Gasteiger partial charge in [-0.2, -0.15) is 5.10 Å². The minimum Gasteiger partial charge on any atom is -0.324 e. The van der Waals surface area contributed by atoms with Crippen molar-refractivity contribution in [2.45, 2.75) is 32.4 Å². The van der Waals surface area contributed by atoms with E-state index in [0.29, 0.717) is 12.2 Å². The van der Waals surface area contributed by atoms with Gasteiger partial charge in [0.05, 0.1) is 0 Å². The van der Waals surface area contributed by atoms with Crippen LogP contribution in [0.25, 0.3) is 0 Å². The van der Waals surface area contributed by atoms with Gasteiger partial charge in [0.15, 0.2) is 0 Å². The predicted octanol–water partition coefficient (Wildman–Crippen LogP) is 1.16. The van der Waals surface area contributed by atoms with E-state index >= 15 is 0 Å². The van der Waals surface area contributed by atoms with E-state index in [2.05, 4.69) is 10.4 Å². The first-order chi connectivity index (χ1) is 10.1. The Kier molecular flexibility index (Phi) is 3.55. The van der Waals surface area contributed by atoms with Gasteiger partial charge in [-0.3, -0.25) is 9.36 Å². The first-order valence-corrected chi connectivity index (χ1v) is 6.85. The summed E-state index contributed by atoms with van der Waals surface area (Å²) in [5.74, 6) is 0.00554. The number of aromatic nitrogens is 3. The van der Waals surface area contributed by atoms with Crippen LogP contribution in [0.4, 0.5) is 10.1 Å². The second kappa shape index (κ2) is 5.51. The van der Waals surface area contributed by atoms with E-state index < -0.39 is 0 Å². The Hall–Kier alpha value is -2.44. The van der Waals surface area contributed by atoms with Gasteiger partial charge in [-0.05, 0) is 37.1 Å². The number of benzene rings is 1. The van der Waals surface area contributed by atoms with Crippen molar-refractivity contribution in [3.05, 3.63) is 46.4 Å². The van der Waals surface area contributed by atoms with Crippen molar-refractivity contribution in [2.24, 2.45) is 0 Å². The summed E-state index contributed by atoms with van der Waals surface area (Å²) >= 11 is 0. The van der Waals surface area contributed by atoms with Crippen LogP contribution in [0.2, 0.25) is 0 Å². The van der Waals surface area contributed by atoms with Gasteiger partial charge in [0, 0.05) is 18.7 Å². The molecule has 0 spiro atoms. The van der Waals surface area contributed by atoms with Crippen LogP contribution in [0.15, 0.2) is 29.1 Å². The minimum absolute atomic E-state index is 0.143. The molecule has 21 heavy (non-hydrogen) atoms. The summed E-state index contributed by atoms with van der Waals surface area (Å²) in [7, 11) is 0. The fourth-order valence-electron chi connectivity index (χ4n) is 2.42. The maximum Gasteiger partial charge on any atom is 0.346 e. The molecule has 1 amide bonds. The predicted molar refractivity (Wildman–Crippen MR) is 74.5 cm³/mol. The average molecular weight is 290 g/mol. The minimum atomic E-state index is -0.369. The van der Waals surface area contributed by atoms with Gasteiger partial charge in [0.25, 0.3) is 0 Å². The number of halogens is 1. The lowest BCUT2D eigenvalue weighted by Crippen LogP contribution is -2.30. The summed E-state index contributed by atoms with van der Waals surface area (Å²) in [6.07, 6.45) is 2.74. The van der Waals surface area contributed by atoms with Crippen LogP contribution in [0.3, 0.4) is 0 Å². The molecule has 2 aromatic rings. The van der Waals surface area contributed by atoms with Crippen molar-refractivity contribution in [3.63, 3.8) is 0 Å². The van der Waals surface area contributed by atoms with Crippen LogP contribution < -0.4 is 11.0 Å². The highest BCUT2D eigenvalue weighted by molar-refractivity contribution is 5.90. The number of amides is 1. The summed E-state index contributed by atoms with van der Waals surface area (Å²) in [6.45, 7) is 0.518. The quantitative estimate of drug-likeness (QED) is 0.922. The first kappa shape index (κ1) is 13.5. The monoisotopic (exact) mass is 290 g/mol. The number of hydrogen-bond acceptors (Lipinski definition) is 3. The molecule has 0 radical (unpaired) electrons. The van der Waals surface area contributed by atoms with Gasteiger partial charge in [0.2, 0.25) is 5.91 Å². The molecule has 0 fully saturated rings. The van der Waals surface area contributed by atoms with Gasteiger partial charge in [-0.25, -0.2) is 13.9 Å². The fraction of sp³-hybridized carbons (Fsp3) is 0.357. The summed E-state index contributed by atoms with van der Waals surface area (Å²) in [6, 6.07) is 5.45. The number of carbonyl (C=O) groups excluding carboxylic acids is 1. The summed E-state index contributed by atoms with van der Waals surface area (Å²) < 4.78 is 15.6. The normalized spacial score (nSPS) is 13.8. The van der Waals surface area contributed by atoms with Crippen molar-refractivity contribution >= 4 is 11.6 Å². The van der Waals surface area contributed by atoms with E-state index in [0.717, 1.165) is 25.1 Å². The molecule has 7 heteroatoms. The molecular weight excluding hydrogens is 275 g/mol. The number of nitrogens with one attached hydrogen (secondary N) is 1. The smallest absolute Gasteiger partial charge is 0.324 e. The van der Waals surface area contributed by atoms with Crippen molar-refractivity contribution in [1.29, 1.82) is 0 Å². The first-order valence-electron chi connectivity index (χ1n) is 6.85. The molecule has 0 atom stereocenters. The van der Waals surface area contributed by atoms with Gasteiger partial charge in [0.1, 0.15) is 18.2 Å². The average Bonchev–Trinajstić information content (AvgIpc) is 2.78. The van der Waals surface area contributed by atoms with Crippen LogP contribution in [0.5, 0.6) is 0 Å². The molecule has 0 aliphatic carbocycles. The van der Waals surface area contributed by atoms with Crippen LogP contribution in [0, 0.1) is 5.82 Å². The molecule has 6 nitrogen and oxygen atoms in total. The molecule has 0 unspecified atom stereocenters.